The summed E-state index contributed by atoms with van der Waals surface area (Å²) >= 11 is 0. The molecule has 0 unspecified atom stereocenters. The largest absolute Gasteiger partial charge is 5.00 e. The number of hydrogen-bond acceptors (Lipinski definition) is 0. The minimum Gasteiger partial charge on any atom is -2.00 e. The standard InChI is InChI=1S/Al.6O.Si.Ta/q+3;6*-2;+4;+5. The molecule has 0 amide bonds. The van der Waals surface area contributed by atoms with Gasteiger partial charge in [0.25, 0.3) is 0 Å². The normalized spacial score (nSPS) is 0. The molecule has 0 aliphatic carbocycles. The maximum absolute atomic E-state index is 0. The summed E-state index contributed by atoms with van der Waals surface area (Å²) in [6, 6.07) is 0. The van der Waals surface area contributed by atoms with Crippen LogP contribution in [0.2, 0.25) is 0 Å². The predicted molar refractivity (Wildman–Crippen MR) is 15.6 cm³/mol. The van der Waals surface area contributed by atoms with Gasteiger partial charge < -0.3 is 32.9 Å². The molecule has 48 valence electrons. The molecule has 0 N–H and O–H groups in total. The van der Waals surface area contributed by atoms with Crippen molar-refractivity contribution < 1.29 is 55.2 Å². The summed E-state index contributed by atoms with van der Waals surface area (Å²) < 4.78 is 0. The first-order valence-corrected chi connectivity index (χ1v) is 0. The molecule has 0 fully saturated rings. The maximum Gasteiger partial charge on any atom is 5.00 e. The van der Waals surface area contributed by atoms with Gasteiger partial charge in [0.05, 0.1) is 0 Å². The Kier molecular flexibility index (Phi) is 25200. The third kappa shape index (κ3) is 311. The Balaban J connectivity index is 0. The van der Waals surface area contributed by atoms with E-state index in [0.717, 1.165) is 0 Å². The van der Waals surface area contributed by atoms with E-state index in [1.807, 2.05) is 0 Å². The zero-order valence-electron chi connectivity index (χ0n) is 3.97. The third-order valence-electron chi connectivity index (χ3n) is 0. The summed E-state index contributed by atoms with van der Waals surface area (Å²) in [4.78, 5) is 0. The van der Waals surface area contributed by atoms with Crippen molar-refractivity contribution in [3.05, 3.63) is 0 Å². The van der Waals surface area contributed by atoms with Gasteiger partial charge in [0, 0.05) is 0 Å². The Morgan fingerprint density at radius 2 is 0.444 bits per heavy atom. The molecule has 0 saturated heterocycles. The van der Waals surface area contributed by atoms with Gasteiger partial charge in [-0.2, -0.15) is 0 Å². The van der Waals surface area contributed by atoms with Crippen LogP contribution in [0.3, 0.4) is 0 Å². The predicted octanol–water partition coefficient (Wildman–Crippen LogP) is -1.48. The van der Waals surface area contributed by atoms with Gasteiger partial charge in [-0.25, -0.2) is 0 Å². The molecule has 0 spiro atoms. The van der Waals surface area contributed by atoms with E-state index in [1.54, 1.807) is 0 Å². The van der Waals surface area contributed by atoms with Gasteiger partial charge in [-0.05, 0) is 0 Å². The summed E-state index contributed by atoms with van der Waals surface area (Å²) in [5.41, 5.74) is 0. The quantitative estimate of drug-likeness (QED) is 0.472. The molecule has 0 aromatic heterocycles. The van der Waals surface area contributed by atoms with Gasteiger partial charge in [-0.15, -0.1) is 0 Å². The molecule has 0 aliphatic rings. The Labute approximate surface area is 83.5 Å². The first-order valence-electron chi connectivity index (χ1n) is 0. The van der Waals surface area contributed by atoms with Crippen LogP contribution in [0, 0.1) is 0 Å². The fraction of sp³-hybridized carbons (Fsp3) is 0. The second kappa shape index (κ2) is 403. The fourth-order valence-corrected chi connectivity index (χ4v) is 0. The first-order chi connectivity index (χ1) is 0. The third-order valence-corrected chi connectivity index (χ3v) is 0. The molecular formula is AlO6SiTa. The Morgan fingerprint density at radius 3 is 0.444 bits per heavy atom. The molecule has 0 atom stereocenters. The average molecular weight is 332 g/mol. The minimum atomic E-state index is 0. The van der Waals surface area contributed by atoms with Gasteiger partial charge >= 0.3 is 50.7 Å². The molecule has 9 heavy (non-hydrogen) atoms. The van der Waals surface area contributed by atoms with E-state index in [1.165, 1.54) is 0 Å². The van der Waals surface area contributed by atoms with Crippen molar-refractivity contribution in [2.24, 2.45) is 0 Å². The monoisotopic (exact) mass is 332 g/mol. The van der Waals surface area contributed by atoms with Gasteiger partial charge in [-0.3, -0.25) is 0 Å². The second-order valence-electron chi connectivity index (χ2n) is 0. The molecule has 0 bridgehead atoms. The number of hydrogen-bond donors (Lipinski definition) is 0. The van der Waals surface area contributed by atoms with Crippen molar-refractivity contribution in [1.82, 2.24) is 0 Å². The molecule has 6 nitrogen and oxygen atoms in total. The summed E-state index contributed by atoms with van der Waals surface area (Å²) in [7, 11) is 0. The topological polar surface area (TPSA) is 171 Å². The Hall–Kier alpha value is 1.25. The molecule has 0 heterocycles. The summed E-state index contributed by atoms with van der Waals surface area (Å²) in [6.07, 6.45) is 0. The molecule has 0 aliphatic heterocycles. The SMILES string of the molecule is [Al+3].[O-2].[O-2].[O-2].[O-2].[O-2].[O-2].[Si+4].[Ta+5]. The summed E-state index contributed by atoms with van der Waals surface area (Å²) in [5.74, 6) is 0. The van der Waals surface area contributed by atoms with Crippen molar-refractivity contribution in [3.8, 4) is 0 Å². The van der Waals surface area contributed by atoms with E-state index < -0.39 is 0 Å². The van der Waals surface area contributed by atoms with Crippen LogP contribution in [-0.4, -0.2) is 28.3 Å². The molecule has 9 heteroatoms. The van der Waals surface area contributed by atoms with Gasteiger partial charge in [0.15, 0.2) is 0 Å². The molecule has 0 aromatic rings. The van der Waals surface area contributed by atoms with Crippen LogP contribution in [0.15, 0.2) is 0 Å². The second-order valence-corrected chi connectivity index (χ2v) is 0. The van der Waals surface area contributed by atoms with Crippen LogP contribution in [0.1, 0.15) is 0 Å². The van der Waals surface area contributed by atoms with Crippen LogP contribution < -0.4 is 0 Å². The van der Waals surface area contributed by atoms with Crippen LogP contribution in [0.25, 0.3) is 0 Å². The molecule has 0 radical (unpaired) electrons. The van der Waals surface area contributed by atoms with Gasteiger partial charge in [0.1, 0.15) is 0 Å². The maximum atomic E-state index is 0. The van der Waals surface area contributed by atoms with Crippen molar-refractivity contribution in [3.63, 3.8) is 0 Å². The van der Waals surface area contributed by atoms with Crippen LogP contribution >= 0.6 is 0 Å². The fourth-order valence-electron chi connectivity index (χ4n) is 0. The zero-order chi connectivity index (χ0) is 0. The Morgan fingerprint density at radius 1 is 0.444 bits per heavy atom. The summed E-state index contributed by atoms with van der Waals surface area (Å²) in [6.45, 7) is 0. The van der Waals surface area contributed by atoms with Crippen LogP contribution in [0.4, 0.5) is 0 Å². The van der Waals surface area contributed by atoms with E-state index in [4.69, 9.17) is 0 Å². The van der Waals surface area contributed by atoms with Crippen molar-refractivity contribution in [2.75, 3.05) is 0 Å². The smallest absolute Gasteiger partial charge is 2.00 e. The Bertz CT molecular complexity index is 13.0. The van der Waals surface area contributed by atoms with Gasteiger partial charge in [-0.1, -0.05) is 0 Å². The van der Waals surface area contributed by atoms with Crippen LogP contribution in [-0.2, 0) is 55.2 Å². The van der Waals surface area contributed by atoms with E-state index in [2.05, 4.69) is 0 Å². The van der Waals surface area contributed by atoms with E-state index >= 15 is 0 Å². The van der Waals surface area contributed by atoms with E-state index in [9.17, 15) is 0 Å². The number of rotatable bonds is 0. The molecule has 0 rings (SSSR count). The van der Waals surface area contributed by atoms with Crippen LogP contribution in [0.5, 0.6) is 0 Å². The van der Waals surface area contributed by atoms with E-state index in [-0.39, 0.29) is 83.6 Å². The first kappa shape index (κ1) is 562. The average Bonchev–Trinajstić information content (AvgIpc) is 0. The molecule has 0 aromatic carbocycles. The van der Waals surface area contributed by atoms with E-state index in [0.29, 0.717) is 0 Å². The molecule has 0 saturated carbocycles. The minimum absolute atomic E-state index is 0. The summed E-state index contributed by atoms with van der Waals surface area (Å²) in [5, 5.41) is 0. The zero-order valence-corrected chi connectivity index (χ0v) is 9.34. The van der Waals surface area contributed by atoms with Crippen molar-refractivity contribution >= 4 is 28.3 Å². The van der Waals surface area contributed by atoms with Gasteiger partial charge in [0.2, 0.25) is 0 Å². The van der Waals surface area contributed by atoms with Crippen molar-refractivity contribution in [2.45, 2.75) is 0 Å². The molecular weight excluding hydrogens is 332 g/mol. The van der Waals surface area contributed by atoms with Crippen molar-refractivity contribution in [1.29, 1.82) is 0 Å².